The quantitative estimate of drug-likeness (QED) is 0.701. The first-order valence-corrected chi connectivity index (χ1v) is 8.79. The molecule has 3 aromatic carbocycles. The third-order valence-corrected chi connectivity index (χ3v) is 4.68. The molecule has 3 rings (SSSR count). The summed E-state index contributed by atoms with van der Waals surface area (Å²) in [6, 6.07) is 17.7. The normalized spacial score (nSPS) is 12.2. The molecule has 0 saturated heterocycles. The Morgan fingerprint density at radius 1 is 1.11 bits per heavy atom. The van der Waals surface area contributed by atoms with Gasteiger partial charge in [0.05, 0.1) is 13.2 Å². The first kappa shape index (κ1) is 18.9. The van der Waals surface area contributed by atoms with Crippen molar-refractivity contribution >= 4 is 22.4 Å². The topological polar surface area (TPSA) is 41.6 Å². The van der Waals surface area contributed by atoms with E-state index in [1.807, 2.05) is 37.1 Å². The second-order valence-corrected chi connectivity index (χ2v) is 6.64. The molecule has 0 aliphatic heterocycles. The van der Waals surface area contributed by atoms with Crippen LogP contribution >= 0.6 is 0 Å². The number of methoxy groups -OCH3 is 1. The third kappa shape index (κ3) is 4.63. The van der Waals surface area contributed by atoms with Crippen molar-refractivity contribution < 1.29 is 13.9 Å². The van der Waals surface area contributed by atoms with Gasteiger partial charge in [-0.15, -0.1) is 0 Å². The van der Waals surface area contributed by atoms with Crippen LogP contribution in [0.4, 0.5) is 10.1 Å². The Hall–Kier alpha value is -2.92. The van der Waals surface area contributed by atoms with Crippen molar-refractivity contribution in [3.8, 4) is 5.75 Å². The molecule has 0 aromatic heterocycles. The van der Waals surface area contributed by atoms with Gasteiger partial charge in [0, 0.05) is 12.2 Å². The molecule has 3 aromatic rings. The number of benzene rings is 3. The summed E-state index contributed by atoms with van der Waals surface area (Å²) in [5.41, 5.74) is 1.57. The number of likely N-dealkylation sites (N-methyl/N-ethyl adjacent to an activating group) is 1. The van der Waals surface area contributed by atoms with Crippen LogP contribution < -0.4 is 10.1 Å². The molecule has 0 aliphatic carbocycles. The van der Waals surface area contributed by atoms with Gasteiger partial charge in [0.15, 0.2) is 0 Å². The standard InChI is InChI=1S/C22H23FN2O2/c1-15(22(26)24-20-6-4-5-19(23)13-20)25(2)14-16-7-8-18-12-21(27-3)10-9-17(18)11-16/h4-13,15H,14H2,1-3H3,(H,24,26). The molecule has 0 fully saturated rings. The largest absolute Gasteiger partial charge is 0.497 e. The predicted molar refractivity (Wildman–Crippen MR) is 106 cm³/mol. The SMILES string of the molecule is COc1ccc2cc(CN(C)C(C)C(=O)Nc3cccc(F)c3)ccc2c1. The van der Waals surface area contributed by atoms with Crippen molar-refractivity contribution in [2.24, 2.45) is 0 Å². The summed E-state index contributed by atoms with van der Waals surface area (Å²) in [7, 11) is 3.55. The Morgan fingerprint density at radius 3 is 2.59 bits per heavy atom. The molecule has 1 N–H and O–H groups in total. The summed E-state index contributed by atoms with van der Waals surface area (Å²) in [5, 5.41) is 4.99. The lowest BCUT2D eigenvalue weighted by atomic mass is 10.1. The number of fused-ring (bicyclic) bond motifs is 1. The van der Waals surface area contributed by atoms with Crippen LogP contribution in [0.5, 0.6) is 5.75 Å². The number of nitrogens with one attached hydrogen (secondary N) is 1. The molecule has 1 amide bonds. The van der Waals surface area contributed by atoms with Crippen molar-refractivity contribution in [2.45, 2.75) is 19.5 Å². The third-order valence-electron chi connectivity index (χ3n) is 4.68. The second kappa shape index (κ2) is 8.18. The van der Waals surface area contributed by atoms with E-state index < -0.39 is 0 Å². The van der Waals surface area contributed by atoms with Crippen molar-refractivity contribution in [2.75, 3.05) is 19.5 Å². The van der Waals surface area contributed by atoms with Crippen LogP contribution in [0, 0.1) is 5.82 Å². The first-order chi connectivity index (χ1) is 13.0. The van der Waals surface area contributed by atoms with Crippen molar-refractivity contribution in [3.63, 3.8) is 0 Å². The Morgan fingerprint density at radius 2 is 1.85 bits per heavy atom. The maximum Gasteiger partial charge on any atom is 0.241 e. The van der Waals surface area contributed by atoms with Gasteiger partial charge in [0.2, 0.25) is 5.91 Å². The molecule has 0 spiro atoms. The molecule has 0 heterocycles. The minimum absolute atomic E-state index is 0.173. The molecule has 0 bridgehead atoms. The van der Waals surface area contributed by atoms with E-state index in [2.05, 4.69) is 23.5 Å². The number of ether oxygens (including phenoxy) is 1. The van der Waals surface area contributed by atoms with Crippen LogP contribution in [0.2, 0.25) is 0 Å². The fourth-order valence-corrected chi connectivity index (χ4v) is 2.94. The lowest BCUT2D eigenvalue weighted by Crippen LogP contribution is -2.39. The number of carbonyl (C=O) groups is 1. The molecular formula is C22H23FN2O2. The smallest absolute Gasteiger partial charge is 0.241 e. The number of rotatable bonds is 6. The van der Waals surface area contributed by atoms with Crippen molar-refractivity contribution in [3.05, 3.63) is 72.0 Å². The number of hydrogen-bond donors (Lipinski definition) is 1. The Kier molecular flexibility index (Phi) is 5.72. The summed E-state index contributed by atoms with van der Waals surface area (Å²) in [5.74, 6) is 0.283. The number of hydrogen-bond acceptors (Lipinski definition) is 3. The van der Waals surface area contributed by atoms with E-state index >= 15 is 0 Å². The van der Waals surface area contributed by atoms with E-state index in [4.69, 9.17) is 4.74 Å². The van der Waals surface area contributed by atoms with Gasteiger partial charge in [-0.25, -0.2) is 4.39 Å². The van der Waals surface area contributed by atoms with E-state index in [9.17, 15) is 9.18 Å². The monoisotopic (exact) mass is 366 g/mol. The molecule has 1 atom stereocenters. The molecule has 27 heavy (non-hydrogen) atoms. The fraction of sp³-hybridized carbons (Fsp3) is 0.227. The number of amides is 1. The van der Waals surface area contributed by atoms with E-state index in [0.717, 1.165) is 22.1 Å². The van der Waals surface area contributed by atoms with Gasteiger partial charge in [-0.05, 0) is 66.7 Å². The number of halogens is 1. The minimum Gasteiger partial charge on any atom is -0.497 e. The number of nitrogens with zero attached hydrogens (tertiary/aromatic N) is 1. The molecule has 1 unspecified atom stereocenters. The van der Waals surface area contributed by atoms with E-state index in [1.54, 1.807) is 19.2 Å². The summed E-state index contributed by atoms with van der Waals surface area (Å²) in [6.07, 6.45) is 0. The highest BCUT2D eigenvalue weighted by Crippen LogP contribution is 2.22. The molecular weight excluding hydrogens is 343 g/mol. The zero-order valence-electron chi connectivity index (χ0n) is 15.7. The summed E-state index contributed by atoms with van der Waals surface area (Å²) < 4.78 is 18.5. The highest BCUT2D eigenvalue weighted by Gasteiger charge is 2.18. The molecule has 0 saturated carbocycles. The Bertz CT molecular complexity index is 958. The highest BCUT2D eigenvalue weighted by atomic mass is 19.1. The van der Waals surface area contributed by atoms with Crippen LogP contribution in [0.25, 0.3) is 10.8 Å². The van der Waals surface area contributed by atoms with Crippen LogP contribution in [0.15, 0.2) is 60.7 Å². The van der Waals surface area contributed by atoms with Gasteiger partial charge in [-0.2, -0.15) is 0 Å². The van der Waals surface area contributed by atoms with Gasteiger partial charge in [-0.3, -0.25) is 9.69 Å². The second-order valence-electron chi connectivity index (χ2n) is 6.64. The maximum atomic E-state index is 13.3. The average Bonchev–Trinajstić information content (AvgIpc) is 2.66. The van der Waals surface area contributed by atoms with Crippen molar-refractivity contribution in [1.29, 1.82) is 0 Å². The predicted octanol–water partition coefficient (Wildman–Crippen LogP) is 4.45. The van der Waals surface area contributed by atoms with Gasteiger partial charge in [0.1, 0.15) is 11.6 Å². The molecule has 0 radical (unpaired) electrons. The zero-order chi connectivity index (χ0) is 19.4. The zero-order valence-corrected chi connectivity index (χ0v) is 15.7. The van der Waals surface area contributed by atoms with Crippen LogP contribution in [0.3, 0.4) is 0 Å². The molecule has 5 heteroatoms. The summed E-state index contributed by atoms with van der Waals surface area (Å²) in [6.45, 7) is 2.46. The Labute approximate surface area is 158 Å². The molecule has 0 aliphatic rings. The average molecular weight is 366 g/mol. The fourth-order valence-electron chi connectivity index (χ4n) is 2.94. The number of carbonyl (C=O) groups excluding carboxylic acids is 1. The van der Waals surface area contributed by atoms with Crippen LogP contribution in [-0.2, 0) is 11.3 Å². The van der Waals surface area contributed by atoms with Crippen LogP contribution in [-0.4, -0.2) is 31.0 Å². The van der Waals surface area contributed by atoms with Gasteiger partial charge in [-0.1, -0.05) is 24.3 Å². The summed E-state index contributed by atoms with van der Waals surface area (Å²) >= 11 is 0. The first-order valence-electron chi connectivity index (χ1n) is 8.79. The van der Waals surface area contributed by atoms with E-state index in [0.29, 0.717) is 12.2 Å². The minimum atomic E-state index is -0.374. The van der Waals surface area contributed by atoms with Gasteiger partial charge < -0.3 is 10.1 Å². The molecule has 140 valence electrons. The van der Waals surface area contributed by atoms with E-state index in [-0.39, 0.29) is 17.8 Å². The lowest BCUT2D eigenvalue weighted by Gasteiger charge is -2.24. The Balaban J connectivity index is 1.67. The number of anilines is 1. The highest BCUT2D eigenvalue weighted by molar-refractivity contribution is 5.94. The molecule has 4 nitrogen and oxygen atoms in total. The van der Waals surface area contributed by atoms with Gasteiger partial charge >= 0.3 is 0 Å². The maximum absolute atomic E-state index is 13.3. The van der Waals surface area contributed by atoms with Crippen molar-refractivity contribution in [1.82, 2.24) is 4.90 Å². The summed E-state index contributed by atoms with van der Waals surface area (Å²) in [4.78, 5) is 14.4. The van der Waals surface area contributed by atoms with Crippen LogP contribution in [0.1, 0.15) is 12.5 Å². The lowest BCUT2D eigenvalue weighted by molar-refractivity contribution is -0.120. The van der Waals surface area contributed by atoms with Gasteiger partial charge in [0.25, 0.3) is 0 Å². The van der Waals surface area contributed by atoms with E-state index in [1.165, 1.54) is 12.1 Å².